The number of aromatic nitrogens is 3. The fourth-order valence-electron chi connectivity index (χ4n) is 3.92. The predicted molar refractivity (Wildman–Crippen MR) is 126 cm³/mol. The number of nitrogens with one attached hydrogen (secondary N) is 1. The van der Waals surface area contributed by atoms with E-state index >= 15 is 0 Å². The zero-order valence-electron chi connectivity index (χ0n) is 18.4. The molecule has 0 spiro atoms. The van der Waals surface area contributed by atoms with E-state index in [9.17, 15) is 0 Å². The third kappa shape index (κ3) is 5.07. The van der Waals surface area contributed by atoms with E-state index in [4.69, 9.17) is 14.7 Å². The van der Waals surface area contributed by atoms with Crippen LogP contribution in [0.4, 0.5) is 0 Å². The maximum Gasteiger partial charge on any atom is 0.194 e. The summed E-state index contributed by atoms with van der Waals surface area (Å²) in [5, 5.41) is 6.57. The van der Waals surface area contributed by atoms with Crippen molar-refractivity contribution in [2.24, 2.45) is 10.9 Å². The topological polar surface area (TPSA) is 67.6 Å². The number of ether oxygens (including phenoxy) is 1. The molecule has 3 aromatic rings. The summed E-state index contributed by atoms with van der Waals surface area (Å²) >= 11 is 1.65. The van der Waals surface area contributed by atoms with Crippen molar-refractivity contribution in [1.82, 2.24) is 24.8 Å². The van der Waals surface area contributed by atoms with Crippen molar-refractivity contribution in [2.45, 2.75) is 32.9 Å². The summed E-state index contributed by atoms with van der Waals surface area (Å²) in [7, 11) is 1.68. The lowest BCUT2D eigenvalue weighted by Crippen LogP contribution is -2.49. The minimum atomic E-state index is 0.404. The summed E-state index contributed by atoms with van der Waals surface area (Å²) in [4.78, 5) is 16.3. The van der Waals surface area contributed by atoms with Crippen LogP contribution in [0.5, 0.6) is 5.75 Å². The van der Waals surface area contributed by atoms with Crippen LogP contribution in [0.25, 0.3) is 10.6 Å². The van der Waals surface area contributed by atoms with Gasteiger partial charge >= 0.3 is 0 Å². The Hall–Kier alpha value is -2.87. The number of aliphatic imine (C=N–C) groups is 1. The molecule has 1 aliphatic rings. The normalized spacial score (nSPS) is 19.5. The number of likely N-dealkylation sites (tertiary alicyclic amines) is 1. The van der Waals surface area contributed by atoms with Crippen molar-refractivity contribution in [3.8, 4) is 16.3 Å². The molecular weight excluding hydrogens is 408 g/mol. The number of hydrogen-bond acceptors (Lipinski definition) is 5. The van der Waals surface area contributed by atoms with Gasteiger partial charge in [-0.2, -0.15) is 0 Å². The van der Waals surface area contributed by atoms with Gasteiger partial charge in [0.1, 0.15) is 10.8 Å². The molecule has 4 rings (SSSR count). The Bertz CT molecular complexity index is 982. The Morgan fingerprint density at radius 1 is 1.32 bits per heavy atom. The molecule has 2 aromatic heterocycles. The van der Waals surface area contributed by atoms with Crippen molar-refractivity contribution in [3.05, 3.63) is 54.1 Å². The summed E-state index contributed by atoms with van der Waals surface area (Å²) in [5.74, 6) is 2.42. The van der Waals surface area contributed by atoms with E-state index in [0.717, 1.165) is 54.0 Å². The van der Waals surface area contributed by atoms with E-state index in [0.29, 0.717) is 18.5 Å². The molecule has 1 aliphatic heterocycles. The lowest BCUT2D eigenvalue weighted by atomic mass is 9.93. The van der Waals surface area contributed by atoms with E-state index in [1.165, 1.54) is 0 Å². The van der Waals surface area contributed by atoms with Crippen molar-refractivity contribution >= 4 is 17.3 Å². The van der Waals surface area contributed by atoms with Gasteiger partial charge in [-0.25, -0.2) is 15.0 Å². The zero-order valence-corrected chi connectivity index (χ0v) is 19.2. The number of thiazole rings is 1. The van der Waals surface area contributed by atoms with Crippen LogP contribution < -0.4 is 10.1 Å². The van der Waals surface area contributed by atoms with E-state index in [1.54, 1.807) is 18.4 Å². The van der Waals surface area contributed by atoms with E-state index in [1.807, 2.05) is 36.8 Å². The highest BCUT2D eigenvalue weighted by Crippen LogP contribution is 2.28. The number of rotatable bonds is 6. The molecule has 7 nitrogen and oxygen atoms in total. The first-order chi connectivity index (χ1) is 15.2. The minimum Gasteiger partial charge on any atom is -0.497 e. The van der Waals surface area contributed by atoms with Gasteiger partial charge in [-0.1, -0.05) is 6.92 Å². The standard InChI is InChI=1S/C23H30N6OS/c1-4-25-23(28-11-9-17(2)21(14-28)29-12-10-24-16-29)26-13-19-15-31-22(27-19)18-5-7-20(30-3)8-6-18/h5-8,10,12,15-17,21H,4,9,11,13-14H2,1-3H3,(H,25,26). The van der Waals surface area contributed by atoms with E-state index in [-0.39, 0.29) is 0 Å². The summed E-state index contributed by atoms with van der Waals surface area (Å²) in [6.45, 7) is 7.78. The number of imidazole rings is 1. The van der Waals surface area contributed by atoms with Crippen LogP contribution >= 0.6 is 11.3 Å². The molecular formula is C23H30N6OS. The average Bonchev–Trinajstić information content (AvgIpc) is 3.50. The maximum atomic E-state index is 5.24. The lowest BCUT2D eigenvalue weighted by molar-refractivity contribution is 0.189. The van der Waals surface area contributed by atoms with Gasteiger partial charge in [0.2, 0.25) is 0 Å². The minimum absolute atomic E-state index is 0.404. The van der Waals surface area contributed by atoms with Crippen LogP contribution in [0.15, 0.2) is 53.4 Å². The molecule has 0 amide bonds. The second-order valence-electron chi connectivity index (χ2n) is 7.83. The molecule has 2 atom stereocenters. The summed E-state index contributed by atoms with van der Waals surface area (Å²) in [6.07, 6.45) is 6.97. The third-order valence-electron chi connectivity index (χ3n) is 5.74. The van der Waals surface area contributed by atoms with Crippen LogP contribution in [-0.2, 0) is 6.54 Å². The third-order valence-corrected chi connectivity index (χ3v) is 6.68. The smallest absolute Gasteiger partial charge is 0.194 e. The van der Waals surface area contributed by atoms with Crippen LogP contribution in [0.1, 0.15) is 32.0 Å². The second-order valence-corrected chi connectivity index (χ2v) is 8.69. The molecule has 1 aromatic carbocycles. The molecule has 8 heteroatoms. The van der Waals surface area contributed by atoms with Crippen LogP contribution in [0.2, 0.25) is 0 Å². The van der Waals surface area contributed by atoms with Crippen LogP contribution in [0, 0.1) is 5.92 Å². The molecule has 1 fully saturated rings. The Balaban J connectivity index is 1.46. The number of hydrogen-bond donors (Lipinski definition) is 1. The Labute approximate surface area is 187 Å². The molecule has 0 saturated carbocycles. The van der Waals surface area contributed by atoms with Crippen molar-refractivity contribution in [2.75, 3.05) is 26.7 Å². The van der Waals surface area contributed by atoms with Crippen LogP contribution in [0.3, 0.4) is 0 Å². The molecule has 2 unspecified atom stereocenters. The molecule has 1 N–H and O–H groups in total. The predicted octanol–water partition coefficient (Wildman–Crippen LogP) is 4.06. The van der Waals surface area contributed by atoms with Gasteiger partial charge < -0.3 is 19.5 Å². The van der Waals surface area contributed by atoms with Gasteiger partial charge in [0.05, 0.1) is 31.7 Å². The van der Waals surface area contributed by atoms with Gasteiger partial charge in [-0.05, 0) is 43.5 Å². The van der Waals surface area contributed by atoms with Crippen molar-refractivity contribution in [3.63, 3.8) is 0 Å². The molecule has 31 heavy (non-hydrogen) atoms. The SMILES string of the molecule is CCNC(=NCc1csc(-c2ccc(OC)cc2)n1)N1CCC(C)C(n2ccnc2)C1. The highest BCUT2D eigenvalue weighted by atomic mass is 32.1. The summed E-state index contributed by atoms with van der Waals surface area (Å²) in [6, 6.07) is 8.42. The van der Waals surface area contributed by atoms with Gasteiger partial charge in [-0.15, -0.1) is 11.3 Å². The first-order valence-electron chi connectivity index (χ1n) is 10.8. The Kier molecular flexibility index (Phi) is 6.86. The molecule has 0 bridgehead atoms. The van der Waals surface area contributed by atoms with Gasteiger partial charge in [0, 0.05) is 43.0 Å². The monoisotopic (exact) mass is 438 g/mol. The Morgan fingerprint density at radius 3 is 2.87 bits per heavy atom. The van der Waals surface area contributed by atoms with Crippen molar-refractivity contribution < 1.29 is 4.74 Å². The number of methoxy groups -OCH3 is 1. The Morgan fingerprint density at radius 2 is 2.16 bits per heavy atom. The molecule has 3 heterocycles. The van der Waals surface area contributed by atoms with Gasteiger partial charge in [0.15, 0.2) is 5.96 Å². The summed E-state index contributed by atoms with van der Waals surface area (Å²) < 4.78 is 7.47. The first kappa shape index (κ1) is 21.4. The highest BCUT2D eigenvalue weighted by Gasteiger charge is 2.28. The second kappa shape index (κ2) is 9.96. The maximum absolute atomic E-state index is 5.24. The largest absolute Gasteiger partial charge is 0.497 e. The summed E-state index contributed by atoms with van der Waals surface area (Å²) in [5.41, 5.74) is 2.09. The fraction of sp³-hybridized carbons (Fsp3) is 0.435. The highest BCUT2D eigenvalue weighted by molar-refractivity contribution is 7.13. The van der Waals surface area contributed by atoms with Gasteiger partial charge in [-0.3, -0.25) is 0 Å². The molecule has 0 radical (unpaired) electrons. The zero-order chi connectivity index (χ0) is 21.6. The molecule has 0 aliphatic carbocycles. The lowest BCUT2D eigenvalue weighted by Gasteiger charge is -2.39. The number of benzene rings is 1. The molecule has 1 saturated heterocycles. The van der Waals surface area contributed by atoms with E-state index < -0.39 is 0 Å². The number of piperidine rings is 1. The van der Waals surface area contributed by atoms with Gasteiger partial charge in [0.25, 0.3) is 0 Å². The number of nitrogens with zero attached hydrogens (tertiary/aromatic N) is 5. The van der Waals surface area contributed by atoms with Crippen LogP contribution in [-0.4, -0.2) is 52.1 Å². The first-order valence-corrected chi connectivity index (χ1v) is 11.7. The fourth-order valence-corrected chi connectivity index (χ4v) is 4.74. The van der Waals surface area contributed by atoms with E-state index in [2.05, 4.69) is 45.2 Å². The van der Waals surface area contributed by atoms with Crippen molar-refractivity contribution in [1.29, 1.82) is 0 Å². The quantitative estimate of drug-likeness (QED) is 0.464. The average molecular weight is 439 g/mol. The molecule has 164 valence electrons. The number of guanidine groups is 1.